The van der Waals surface area contributed by atoms with Crippen LogP contribution in [-0.2, 0) is 4.79 Å². The Morgan fingerprint density at radius 1 is 1.19 bits per heavy atom. The summed E-state index contributed by atoms with van der Waals surface area (Å²) in [7, 11) is 0. The summed E-state index contributed by atoms with van der Waals surface area (Å²) in [6, 6.07) is 7.29. The number of quaternary nitrogens is 1. The normalized spacial score (nSPS) is 23.4. The molecule has 3 atom stereocenters. The molecule has 1 saturated carbocycles. The molecule has 1 aromatic carbocycles. The number of anilines is 1. The molecule has 9 heteroatoms. The molecular weight excluding hydrogens is 400 g/mol. The maximum Gasteiger partial charge on any atom is 0.160 e. The van der Waals surface area contributed by atoms with Crippen molar-refractivity contribution in [1.82, 2.24) is 0 Å². The number of nitrogens with zero attached hydrogens (tertiary/aromatic N) is 3. The predicted molar refractivity (Wildman–Crippen MR) is 122 cm³/mol. The average Bonchev–Trinajstić information content (AvgIpc) is 2.74. The Labute approximate surface area is 183 Å². The summed E-state index contributed by atoms with van der Waals surface area (Å²) < 4.78 is -0.591. The van der Waals surface area contributed by atoms with Crippen LogP contribution in [0.25, 0.3) is 0 Å². The van der Waals surface area contributed by atoms with Crippen LogP contribution in [0.4, 0.5) is 11.4 Å². The lowest BCUT2D eigenvalue weighted by Gasteiger charge is -2.42. The summed E-state index contributed by atoms with van der Waals surface area (Å²) in [5, 5.41) is 43.9. The lowest BCUT2D eigenvalue weighted by atomic mass is 9.83. The topological polar surface area (TPSA) is 138 Å². The maximum atomic E-state index is 12.4. The molecule has 1 aliphatic carbocycles. The zero-order chi connectivity index (χ0) is 22.7. The monoisotopic (exact) mass is 434 g/mol. The van der Waals surface area contributed by atoms with Crippen LogP contribution in [0.1, 0.15) is 26.2 Å². The summed E-state index contributed by atoms with van der Waals surface area (Å²) >= 11 is 0. The smallest absolute Gasteiger partial charge is 0.160 e. The molecule has 0 amide bonds. The van der Waals surface area contributed by atoms with E-state index in [1.165, 1.54) is 6.21 Å². The minimum absolute atomic E-state index is 0.0864. The van der Waals surface area contributed by atoms with Gasteiger partial charge in [-0.3, -0.25) is 14.8 Å². The van der Waals surface area contributed by atoms with E-state index in [4.69, 9.17) is 15.2 Å². The highest BCUT2D eigenvalue weighted by Gasteiger charge is 2.30. The first-order chi connectivity index (χ1) is 14.9. The van der Waals surface area contributed by atoms with Gasteiger partial charge in [-0.15, -0.1) is 0 Å². The largest absolute Gasteiger partial charge is 0.633 e. The van der Waals surface area contributed by atoms with Crippen LogP contribution in [-0.4, -0.2) is 89.7 Å². The molecule has 0 bridgehead atoms. The highest BCUT2D eigenvalue weighted by molar-refractivity contribution is 6.13. The van der Waals surface area contributed by atoms with Crippen molar-refractivity contribution in [1.29, 1.82) is 0 Å². The first-order valence-corrected chi connectivity index (χ1v) is 10.8. The summed E-state index contributed by atoms with van der Waals surface area (Å²) in [6.45, 7) is 2.69. The van der Waals surface area contributed by atoms with Crippen molar-refractivity contribution >= 4 is 29.6 Å². The third kappa shape index (κ3) is 8.12. The number of hydrogen-bond acceptors (Lipinski definition) is 8. The van der Waals surface area contributed by atoms with E-state index in [-0.39, 0.29) is 38.3 Å². The minimum Gasteiger partial charge on any atom is -0.633 e. The number of aliphatic hydroxyl groups is 3. The van der Waals surface area contributed by atoms with E-state index < -0.39 is 10.8 Å². The molecule has 0 aliphatic heterocycles. The second kappa shape index (κ2) is 12.6. The van der Waals surface area contributed by atoms with Crippen LogP contribution in [0.15, 0.2) is 34.3 Å². The van der Waals surface area contributed by atoms with Crippen LogP contribution in [0.2, 0.25) is 0 Å². The fourth-order valence-corrected chi connectivity index (χ4v) is 3.72. The fraction of sp³-hybridized carbons (Fsp3) is 0.591. The molecule has 172 valence electrons. The van der Waals surface area contributed by atoms with E-state index >= 15 is 0 Å². The third-order valence-electron chi connectivity index (χ3n) is 5.59. The minimum atomic E-state index is -0.591. The van der Waals surface area contributed by atoms with E-state index in [9.17, 15) is 15.1 Å². The Balaban J connectivity index is 1.93. The number of carbonyl (C=O) groups excluding carboxylic acids is 1. The summed E-state index contributed by atoms with van der Waals surface area (Å²) in [5.41, 5.74) is 2.53. The predicted octanol–water partition coefficient (Wildman–Crippen LogP) is 1.29. The van der Waals surface area contributed by atoms with Crippen LogP contribution in [0, 0.1) is 11.1 Å². The SMILES string of the molecule is CC1CC(=Nc2ccc(NCCC[N+]([O-])(CCO)CCO)cc2)C(N=CC=O)CC1O. The van der Waals surface area contributed by atoms with Gasteiger partial charge < -0.3 is 30.5 Å². The number of aldehydes is 1. The average molecular weight is 435 g/mol. The zero-order valence-electron chi connectivity index (χ0n) is 18.1. The van der Waals surface area contributed by atoms with Gasteiger partial charge in [0.1, 0.15) is 13.1 Å². The first-order valence-electron chi connectivity index (χ1n) is 10.8. The lowest BCUT2D eigenvalue weighted by molar-refractivity contribution is -0.881. The number of rotatable bonds is 12. The molecule has 3 unspecified atom stereocenters. The molecule has 0 aromatic heterocycles. The number of aliphatic imine (C=N–C) groups is 2. The van der Waals surface area contributed by atoms with E-state index in [0.717, 1.165) is 17.1 Å². The van der Waals surface area contributed by atoms with E-state index in [2.05, 4.69) is 10.3 Å². The molecule has 0 heterocycles. The highest BCUT2D eigenvalue weighted by Crippen LogP contribution is 2.27. The van der Waals surface area contributed by atoms with Crippen molar-refractivity contribution in [3.63, 3.8) is 0 Å². The molecule has 0 spiro atoms. The van der Waals surface area contributed by atoms with Gasteiger partial charge in [-0.25, -0.2) is 0 Å². The third-order valence-corrected chi connectivity index (χ3v) is 5.59. The zero-order valence-corrected chi connectivity index (χ0v) is 18.1. The standard InChI is InChI=1S/C22H34N4O5/c1-17-15-21(20(16-22(17)30)24-8-12-27)25-19-5-3-18(4-6-19)23-7-2-9-26(31,10-13-28)11-14-29/h3-6,8,12,17,20,22-23,28-30H,2,7,9-11,13-16H2,1H3. The molecule has 4 N–H and O–H groups in total. The summed E-state index contributed by atoms with van der Waals surface area (Å²) in [5.74, 6) is 0.0885. The van der Waals surface area contributed by atoms with Crippen LogP contribution >= 0.6 is 0 Å². The Hall–Kier alpha value is -2.17. The van der Waals surface area contributed by atoms with Crippen LogP contribution < -0.4 is 5.32 Å². The van der Waals surface area contributed by atoms with Crippen molar-refractivity contribution in [2.24, 2.45) is 15.9 Å². The highest BCUT2D eigenvalue weighted by atomic mass is 16.5. The molecule has 1 aliphatic rings. The van der Waals surface area contributed by atoms with Crippen molar-refractivity contribution in [2.45, 2.75) is 38.3 Å². The van der Waals surface area contributed by atoms with Crippen molar-refractivity contribution in [3.8, 4) is 0 Å². The van der Waals surface area contributed by atoms with Gasteiger partial charge in [-0.1, -0.05) is 6.92 Å². The molecule has 31 heavy (non-hydrogen) atoms. The molecule has 2 rings (SSSR count). The second-order valence-electron chi connectivity index (χ2n) is 8.04. The van der Waals surface area contributed by atoms with E-state index in [0.29, 0.717) is 38.6 Å². The fourth-order valence-electron chi connectivity index (χ4n) is 3.72. The number of carbonyl (C=O) groups is 1. The molecule has 9 nitrogen and oxygen atoms in total. The van der Waals surface area contributed by atoms with Gasteiger partial charge in [0.15, 0.2) is 6.29 Å². The maximum absolute atomic E-state index is 12.4. The number of benzene rings is 1. The molecule has 1 aromatic rings. The van der Waals surface area contributed by atoms with Gasteiger partial charge in [0.2, 0.25) is 0 Å². The van der Waals surface area contributed by atoms with E-state index in [1.54, 1.807) is 0 Å². The van der Waals surface area contributed by atoms with Crippen molar-refractivity contribution in [2.75, 3.05) is 44.7 Å². The van der Waals surface area contributed by atoms with Gasteiger partial charge in [0.05, 0.1) is 43.8 Å². The van der Waals surface area contributed by atoms with Gasteiger partial charge in [-0.2, -0.15) is 0 Å². The molecule has 0 saturated heterocycles. The number of nitrogens with one attached hydrogen (secondary N) is 1. The van der Waals surface area contributed by atoms with E-state index in [1.807, 2.05) is 31.2 Å². The van der Waals surface area contributed by atoms with Gasteiger partial charge in [-0.05, 0) is 36.6 Å². The quantitative estimate of drug-likeness (QED) is 0.129. The number of hydrogen-bond donors (Lipinski definition) is 4. The first kappa shape index (κ1) is 25.1. The van der Waals surface area contributed by atoms with Gasteiger partial charge >= 0.3 is 0 Å². The summed E-state index contributed by atoms with van der Waals surface area (Å²) in [4.78, 5) is 19.6. The Kier molecular flexibility index (Phi) is 10.2. The summed E-state index contributed by atoms with van der Waals surface area (Å²) in [6.07, 6.45) is 3.08. The second-order valence-corrected chi connectivity index (χ2v) is 8.04. The Morgan fingerprint density at radius 3 is 2.48 bits per heavy atom. The lowest BCUT2D eigenvalue weighted by Crippen LogP contribution is -2.47. The number of hydroxylamine groups is 3. The van der Waals surface area contributed by atoms with Gasteiger partial charge in [0.25, 0.3) is 0 Å². The van der Waals surface area contributed by atoms with Crippen molar-refractivity contribution in [3.05, 3.63) is 29.5 Å². The molecule has 1 fully saturated rings. The number of aliphatic hydroxyl groups excluding tert-OH is 3. The van der Waals surface area contributed by atoms with Gasteiger partial charge in [0, 0.05) is 30.8 Å². The Bertz CT molecular complexity index is 732. The van der Waals surface area contributed by atoms with Crippen LogP contribution in [0.3, 0.4) is 0 Å². The molecular formula is C22H34N4O5. The Morgan fingerprint density at radius 2 is 1.87 bits per heavy atom. The van der Waals surface area contributed by atoms with Crippen LogP contribution in [0.5, 0.6) is 0 Å². The molecule has 0 radical (unpaired) electrons. The van der Waals surface area contributed by atoms with Crippen molar-refractivity contribution < 1.29 is 24.8 Å².